The van der Waals surface area contributed by atoms with Crippen molar-refractivity contribution in [2.24, 2.45) is 5.92 Å². The van der Waals surface area contributed by atoms with Crippen LogP contribution in [0.4, 0.5) is 23.7 Å². The molecule has 2 amide bonds. The number of benzene rings is 2. The lowest BCUT2D eigenvalue weighted by atomic mass is 9.76. The second-order valence-electron chi connectivity index (χ2n) is 8.89. The van der Waals surface area contributed by atoms with Crippen molar-refractivity contribution in [3.05, 3.63) is 77.6 Å². The maximum Gasteiger partial charge on any atom is 0.416 e. The van der Waals surface area contributed by atoms with Gasteiger partial charge in [0.05, 0.1) is 23.8 Å². The Labute approximate surface area is 197 Å². The van der Waals surface area contributed by atoms with Gasteiger partial charge >= 0.3 is 12.2 Å². The number of urea groups is 1. The standard InChI is InChI=1S/C25H29F3N4O2/c1-32(2)13-12-29-24(33)30-15-18-9-10-19-22(16-6-4-3-5-7-16)31-21-11-8-17(25(26,27)28)14-20(21)23(19)34-18/h3-8,11-14,18-19,22-23,31H,9-10,15H2,1-2H3,(H2,29,30,33)/b13-12+/t18-,19?,22+,23?/m1/s1. The molecule has 4 rings (SSSR count). The van der Waals surface area contributed by atoms with Crippen molar-refractivity contribution >= 4 is 11.7 Å². The van der Waals surface area contributed by atoms with Crippen molar-refractivity contribution in [3.8, 4) is 0 Å². The first-order valence-electron chi connectivity index (χ1n) is 11.3. The van der Waals surface area contributed by atoms with Gasteiger partial charge in [-0.25, -0.2) is 4.79 Å². The van der Waals surface area contributed by atoms with Crippen LogP contribution in [0, 0.1) is 5.92 Å². The third-order valence-corrected chi connectivity index (χ3v) is 6.21. The van der Waals surface area contributed by atoms with Gasteiger partial charge in [-0.15, -0.1) is 0 Å². The molecule has 2 aromatic carbocycles. The summed E-state index contributed by atoms with van der Waals surface area (Å²) in [5.74, 6) is -0.0357. The van der Waals surface area contributed by atoms with Gasteiger partial charge in [0.25, 0.3) is 0 Å². The first-order valence-corrected chi connectivity index (χ1v) is 11.3. The number of hydrogen-bond donors (Lipinski definition) is 3. The van der Waals surface area contributed by atoms with Crippen LogP contribution in [-0.2, 0) is 10.9 Å². The van der Waals surface area contributed by atoms with Gasteiger partial charge in [-0.05, 0) is 36.6 Å². The number of fused-ring (bicyclic) bond motifs is 3. The zero-order valence-corrected chi connectivity index (χ0v) is 19.1. The molecule has 0 aromatic heterocycles. The number of halogens is 3. The number of nitrogens with zero attached hydrogens (tertiary/aromatic N) is 1. The first-order chi connectivity index (χ1) is 16.2. The van der Waals surface area contributed by atoms with E-state index in [1.54, 1.807) is 11.1 Å². The smallest absolute Gasteiger partial charge is 0.382 e. The lowest BCUT2D eigenvalue weighted by Crippen LogP contribution is -2.44. The Morgan fingerprint density at radius 3 is 2.65 bits per heavy atom. The molecule has 2 aliphatic rings. The molecule has 2 heterocycles. The number of alkyl halides is 3. The van der Waals surface area contributed by atoms with Crippen molar-refractivity contribution in [3.63, 3.8) is 0 Å². The fourth-order valence-electron chi connectivity index (χ4n) is 4.59. The van der Waals surface area contributed by atoms with Crippen LogP contribution in [0.5, 0.6) is 0 Å². The molecule has 182 valence electrons. The molecule has 0 aliphatic carbocycles. The van der Waals surface area contributed by atoms with E-state index in [0.29, 0.717) is 17.7 Å². The zero-order valence-electron chi connectivity index (χ0n) is 19.1. The number of carbonyl (C=O) groups excluding carboxylic acids is 1. The Morgan fingerprint density at radius 2 is 1.94 bits per heavy atom. The average Bonchev–Trinajstić information content (AvgIpc) is 2.81. The highest BCUT2D eigenvalue weighted by molar-refractivity contribution is 5.74. The van der Waals surface area contributed by atoms with Crippen molar-refractivity contribution < 1.29 is 22.7 Å². The molecule has 2 unspecified atom stereocenters. The molecule has 1 fully saturated rings. The Hall–Kier alpha value is -3.20. The summed E-state index contributed by atoms with van der Waals surface area (Å²) in [6, 6.07) is 13.2. The fraction of sp³-hybridized carbons (Fsp3) is 0.400. The summed E-state index contributed by atoms with van der Waals surface area (Å²) < 4.78 is 46.7. The number of nitrogens with one attached hydrogen (secondary N) is 3. The Balaban J connectivity index is 1.54. The zero-order chi connectivity index (χ0) is 24.3. The van der Waals surface area contributed by atoms with E-state index < -0.39 is 17.8 Å². The van der Waals surface area contributed by atoms with Gasteiger partial charge in [0, 0.05) is 50.2 Å². The molecular formula is C25H29F3N4O2. The van der Waals surface area contributed by atoms with Crippen LogP contribution in [0.25, 0.3) is 0 Å². The maximum absolute atomic E-state index is 13.4. The summed E-state index contributed by atoms with van der Waals surface area (Å²) in [6.45, 7) is 0.266. The van der Waals surface area contributed by atoms with E-state index >= 15 is 0 Å². The largest absolute Gasteiger partial charge is 0.416 e. The highest BCUT2D eigenvalue weighted by Crippen LogP contribution is 2.51. The Bertz CT molecular complexity index is 1030. The molecule has 4 atom stereocenters. The molecule has 0 saturated carbocycles. The van der Waals surface area contributed by atoms with Gasteiger partial charge in [0.2, 0.25) is 0 Å². The van der Waals surface area contributed by atoms with Crippen LogP contribution in [0.2, 0.25) is 0 Å². The van der Waals surface area contributed by atoms with Gasteiger partial charge < -0.3 is 25.6 Å². The van der Waals surface area contributed by atoms with E-state index in [-0.39, 0.29) is 30.6 Å². The van der Waals surface area contributed by atoms with Gasteiger partial charge in [-0.3, -0.25) is 0 Å². The normalized spacial score (nSPS) is 24.0. The highest BCUT2D eigenvalue weighted by atomic mass is 19.4. The van der Waals surface area contributed by atoms with Gasteiger partial charge in [-0.1, -0.05) is 30.3 Å². The average molecular weight is 475 g/mol. The lowest BCUT2D eigenvalue weighted by molar-refractivity contribution is -0.138. The molecule has 9 heteroatoms. The van der Waals surface area contributed by atoms with E-state index in [0.717, 1.165) is 18.1 Å². The number of amides is 2. The van der Waals surface area contributed by atoms with Crippen molar-refractivity contribution in [1.82, 2.24) is 15.5 Å². The van der Waals surface area contributed by atoms with E-state index in [1.807, 2.05) is 44.4 Å². The second kappa shape index (κ2) is 9.97. The molecule has 0 radical (unpaired) electrons. The minimum absolute atomic E-state index is 0.0357. The van der Waals surface area contributed by atoms with E-state index in [1.165, 1.54) is 18.3 Å². The third-order valence-electron chi connectivity index (χ3n) is 6.21. The minimum atomic E-state index is -4.44. The van der Waals surface area contributed by atoms with Crippen LogP contribution < -0.4 is 16.0 Å². The predicted octanol–water partition coefficient (Wildman–Crippen LogP) is 5.04. The topological polar surface area (TPSA) is 65.6 Å². The van der Waals surface area contributed by atoms with Crippen molar-refractivity contribution in [2.45, 2.75) is 37.3 Å². The number of ether oxygens (including phenoxy) is 1. The SMILES string of the molecule is CN(C)/C=C/NC(=O)NC[C@H]1CCC2C(O1)c1cc(C(F)(F)F)ccc1N[C@H]2c1ccccc1. The molecule has 2 aromatic rings. The number of carbonyl (C=O) groups is 1. The number of anilines is 1. The van der Waals surface area contributed by atoms with E-state index in [2.05, 4.69) is 16.0 Å². The molecule has 1 saturated heterocycles. The monoisotopic (exact) mass is 474 g/mol. The van der Waals surface area contributed by atoms with Gasteiger partial charge in [-0.2, -0.15) is 13.2 Å². The summed E-state index contributed by atoms with van der Waals surface area (Å²) in [7, 11) is 3.68. The quantitative estimate of drug-likeness (QED) is 0.568. The lowest BCUT2D eigenvalue weighted by Gasteiger charge is -2.46. The molecule has 2 aliphatic heterocycles. The number of hydrogen-bond acceptors (Lipinski definition) is 4. The maximum atomic E-state index is 13.4. The first kappa shape index (κ1) is 23.9. The minimum Gasteiger partial charge on any atom is -0.382 e. The van der Waals surface area contributed by atoms with Crippen LogP contribution in [0.1, 0.15) is 41.7 Å². The molecule has 0 spiro atoms. The van der Waals surface area contributed by atoms with Crippen LogP contribution in [0.15, 0.2) is 60.9 Å². The molecule has 34 heavy (non-hydrogen) atoms. The molecule has 6 nitrogen and oxygen atoms in total. The molecule has 3 N–H and O–H groups in total. The van der Waals surface area contributed by atoms with Crippen LogP contribution >= 0.6 is 0 Å². The van der Waals surface area contributed by atoms with E-state index in [9.17, 15) is 18.0 Å². The van der Waals surface area contributed by atoms with Gasteiger partial charge in [0.15, 0.2) is 0 Å². The summed E-state index contributed by atoms with van der Waals surface area (Å²) >= 11 is 0. The summed E-state index contributed by atoms with van der Waals surface area (Å²) in [5.41, 5.74) is 1.52. The summed E-state index contributed by atoms with van der Waals surface area (Å²) in [4.78, 5) is 13.8. The van der Waals surface area contributed by atoms with Crippen LogP contribution in [0.3, 0.4) is 0 Å². The summed E-state index contributed by atoms with van der Waals surface area (Å²) in [5, 5.41) is 8.85. The molecular weight excluding hydrogens is 445 g/mol. The van der Waals surface area contributed by atoms with Crippen molar-refractivity contribution in [2.75, 3.05) is 26.0 Å². The third kappa shape index (κ3) is 5.47. The predicted molar refractivity (Wildman–Crippen MR) is 124 cm³/mol. The van der Waals surface area contributed by atoms with Crippen LogP contribution in [-0.4, -0.2) is 37.7 Å². The fourth-order valence-corrected chi connectivity index (χ4v) is 4.59. The Kier molecular flexibility index (Phi) is 7.02. The highest BCUT2D eigenvalue weighted by Gasteiger charge is 2.43. The second-order valence-corrected chi connectivity index (χ2v) is 8.89. The number of rotatable bonds is 5. The van der Waals surface area contributed by atoms with E-state index in [4.69, 9.17) is 4.74 Å². The van der Waals surface area contributed by atoms with Gasteiger partial charge in [0.1, 0.15) is 0 Å². The van der Waals surface area contributed by atoms with Crippen molar-refractivity contribution in [1.29, 1.82) is 0 Å². The Morgan fingerprint density at radius 1 is 1.18 bits per heavy atom. The summed E-state index contributed by atoms with van der Waals surface area (Å²) in [6.07, 6.45) is -0.582. The molecule has 0 bridgehead atoms.